The van der Waals surface area contributed by atoms with Crippen LogP contribution in [0.15, 0.2) is 59.6 Å². The Balaban J connectivity index is 1.96. The van der Waals surface area contributed by atoms with E-state index in [1.54, 1.807) is 7.11 Å². The molecule has 0 heterocycles. The molecule has 116 valence electrons. The summed E-state index contributed by atoms with van der Waals surface area (Å²) in [6.45, 7) is 0.457. The second kappa shape index (κ2) is 8.05. The van der Waals surface area contributed by atoms with Gasteiger partial charge in [0, 0.05) is 11.6 Å². The number of benzene rings is 2. The lowest BCUT2D eigenvalue weighted by Crippen LogP contribution is -2.24. The van der Waals surface area contributed by atoms with Crippen molar-refractivity contribution < 1.29 is 9.84 Å². The molecule has 0 fully saturated rings. The van der Waals surface area contributed by atoms with Crippen molar-refractivity contribution in [2.75, 3.05) is 25.6 Å². The first-order valence-electron chi connectivity index (χ1n) is 7.09. The molecule has 0 spiro atoms. The zero-order valence-electron chi connectivity index (χ0n) is 12.6. The minimum absolute atomic E-state index is 0.0311. The van der Waals surface area contributed by atoms with Gasteiger partial charge in [-0.25, -0.2) is 0 Å². The van der Waals surface area contributed by atoms with E-state index >= 15 is 0 Å². The van der Waals surface area contributed by atoms with Crippen LogP contribution in [0.4, 0.5) is 5.69 Å². The summed E-state index contributed by atoms with van der Waals surface area (Å²) in [5, 5.41) is 12.5. The van der Waals surface area contributed by atoms with E-state index in [9.17, 15) is 5.11 Å². The molecule has 0 aliphatic heterocycles. The molecule has 2 aromatic rings. The third kappa shape index (κ3) is 4.49. The molecular formula is C17H21N3O2. The number of aliphatic hydroxyl groups is 1. The highest BCUT2D eigenvalue weighted by Gasteiger charge is 2.09. The molecule has 4 N–H and O–H groups in total. The first-order valence-corrected chi connectivity index (χ1v) is 7.09. The van der Waals surface area contributed by atoms with E-state index in [0.29, 0.717) is 12.5 Å². The molecule has 0 amide bonds. The average molecular weight is 299 g/mol. The number of ether oxygens (including phenoxy) is 1. The van der Waals surface area contributed by atoms with Gasteiger partial charge < -0.3 is 20.9 Å². The quantitative estimate of drug-likeness (QED) is 0.564. The van der Waals surface area contributed by atoms with Crippen LogP contribution in [-0.2, 0) is 0 Å². The fraction of sp³-hybridized carbons (Fsp3) is 0.235. The summed E-state index contributed by atoms with van der Waals surface area (Å²) in [5.74, 6) is 1.04. The van der Waals surface area contributed by atoms with Crippen LogP contribution in [0.1, 0.15) is 11.5 Å². The van der Waals surface area contributed by atoms with E-state index in [1.807, 2.05) is 54.6 Å². The van der Waals surface area contributed by atoms with E-state index in [4.69, 9.17) is 10.5 Å². The molecule has 0 bridgehead atoms. The second-order valence-corrected chi connectivity index (χ2v) is 4.87. The van der Waals surface area contributed by atoms with Crippen LogP contribution < -0.4 is 15.8 Å². The largest absolute Gasteiger partial charge is 0.497 e. The van der Waals surface area contributed by atoms with E-state index in [1.165, 1.54) is 0 Å². The number of hydrogen-bond donors (Lipinski definition) is 3. The summed E-state index contributed by atoms with van der Waals surface area (Å²) in [5.41, 5.74) is 7.77. The van der Waals surface area contributed by atoms with Crippen molar-refractivity contribution >= 4 is 11.6 Å². The standard InChI is InChI=1S/C17H21N3O2/c1-22-16-9-7-15(8-10-16)20-17(18)19-11-14(12-21)13-5-3-2-4-6-13/h2-10,14,21H,11-12H2,1H3,(H3,18,19,20). The van der Waals surface area contributed by atoms with Crippen LogP contribution in [-0.4, -0.2) is 31.3 Å². The third-order valence-corrected chi connectivity index (χ3v) is 3.34. The predicted molar refractivity (Wildman–Crippen MR) is 89.4 cm³/mol. The first-order chi connectivity index (χ1) is 10.7. The van der Waals surface area contributed by atoms with E-state index < -0.39 is 0 Å². The Kier molecular flexibility index (Phi) is 5.80. The molecule has 5 heteroatoms. The van der Waals surface area contributed by atoms with Crippen molar-refractivity contribution in [2.45, 2.75) is 5.92 Å². The molecule has 0 saturated heterocycles. The van der Waals surface area contributed by atoms with Crippen molar-refractivity contribution in [3.8, 4) is 5.75 Å². The number of nitrogens with zero attached hydrogens (tertiary/aromatic N) is 1. The molecule has 5 nitrogen and oxygen atoms in total. The molecular weight excluding hydrogens is 278 g/mol. The molecule has 22 heavy (non-hydrogen) atoms. The highest BCUT2D eigenvalue weighted by molar-refractivity contribution is 5.92. The van der Waals surface area contributed by atoms with Crippen molar-refractivity contribution in [1.82, 2.24) is 0 Å². The summed E-state index contributed by atoms with van der Waals surface area (Å²) in [6.07, 6.45) is 0. The van der Waals surface area contributed by atoms with Gasteiger partial charge in [0.1, 0.15) is 5.75 Å². The van der Waals surface area contributed by atoms with Crippen molar-refractivity contribution in [3.63, 3.8) is 0 Å². The van der Waals surface area contributed by atoms with Crippen LogP contribution in [0.3, 0.4) is 0 Å². The van der Waals surface area contributed by atoms with Gasteiger partial charge in [-0.3, -0.25) is 4.99 Å². The van der Waals surface area contributed by atoms with Crippen molar-refractivity contribution in [3.05, 3.63) is 60.2 Å². The van der Waals surface area contributed by atoms with Crippen LogP contribution in [0.2, 0.25) is 0 Å². The summed E-state index contributed by atoms with van der Waals surface area (Å²) in [4.78, 5) is 4.30. The normalized spacial score (nSPS) is 12.7. The Hall–Kier alpha value is -2.53. The second-order valence-electron chi connectivity index (χ2n) is 4.87. The summed E-state index contributed by atoms with van der Waals surface area (Å²) in [6, 6.07) is 17.2. The lowest BCUT2D eigenvalue weighted by atomic mass is 10.0. The van der Waals surface area contributed by atoms with Gasteiger partial charge in [0.25, 0.3) is 0 Å². The van der Waals surface area contributed by atoms with E-state index in [0.717, 1.165) is 17.0 Å². The Morgan fingerprint density at radius 3 is 2.45 bits per heavy atom. The Morgan fingerprint density at radius 1 is 1.18 bits per heavy atom. The van der Waals surface area contributed by atoms with Gasteiger partial charge in [-0.2, -0.15) is 0 Å². The summed E-state index contributed by atoms with van der Waals surface area (Å²) in [7, 11) is 1.62. The van der Waals surface area contributed by atoms with Crippen molar-refractivity contribution in [1.29, 1.82) is 0 Å². The van der Waals surface area contributed by atoms with Gasteiger partial charge in [-0.1, -0.05) is 30.3 Å². The maximum absolute atomic E-state index is 9.50. The summed E-state index contributed by atoms with van der Waals surface area (Å²) >= 11 is 0. The van der Waals surface area contributed by atoms with Crippen LogP contribution in [0, 0.1) is 0 Å². The molecule has 1 unspecified atom stereocenters. The number of nitrogens with one attached hydrogen (secondary N) is 1. The van der Waals surface area contributed by atoms with Crippen LogP contribution in [0.5, 0.6) is 5.75 Å². The number of anilines is 1. The number of aliphatic hydroxyl groups excluding tert-OH is 1. The highest BCUT2D eigenvalue weighted by atomic mass is 16.5. The highest BCUT2D eigenvalue weighted by Crippen LogP contribution is 2.16. The number of rotatable bonds is 6. The van der Waals surface area contributed by atoms with Gasteiger partial charge in [-0.05, 0) is 29.8 Å². The smallest absolute Gasteiger partial charge is 0.193 e. The van der Waals surface area contributed by atoms with Crippen LogP contribution in [0.25, 0.3) is 0 Å². The minimum atomic E-state index is -0.0579. The molecule has 2 rings (SSSR count). The molecule has 0 radical (unpaired) electrons. The fourth-order valence-corrected chi connectivity index (χ4v) is 2.06. The molecule has 0 saturated carbocycles. The van der Waals surface area contributed by atoms with Gasteiger partial charge >= 0.3 is 0 Å². The number of aliphatic imine (C=N–C) groups is 1. The number of methoxy groups -OCH3 is 1. The summed E-state index contributed by atoms with van der Waals surface area (Å²) < 4.78 is 5.10. The predicted octanol–water partition coefficient (Wildman–Crippen LogP) is 2.20. The Bertz CT molecular complexity index is 597. The maximum atomic E-state index is 9.50. The van der Waals surface area contributed by atoms with E-state index in [2.05, 4.69) is 10.3 Å². The molecule has 0 aliphatic carbocycles. The Labute approximate surface area is 130 Å². The molecule has 1 atom stereocenters. The Morgan fingerprint density at radius 2 is 1.86 bits per heavy atom. The SMILES string of the molecule is COc1ccc(NC(N)=NCC(CO)c2ccccc2)cc1. The maximum Gasteiger partial charge on any atom is 0.193 e. The minimum Gasteiger partial charge on any atom is -0.497 e. The van der Waals surface area contributed by atoms with Gasteiger partial charge in [0.15, 0.2) is 5.96 Å². The molecule has 2 aromatic carbocycles. The fourth-order valence-electron chi connectivity index (χ4n) is 2.06. The molecule has 0 aromatic heterocycles. The zero-order chi connectivity index (χ0) is 15.8. The first kappa shape index (κ1) is 15.9. The number of guanidine groups is 1. The van der Waals surface area contributed by atoms with E-state index in [-0.39, 0.29) is 12.5 Å². The van der Waals surface area contributed by atoms with Gasteiger partial charge in [0.2, 0.25) is 0 Å². The van der Waals surface area contributed by atoms with Gasteiger partial charge in [-0.15, -0.1) is 0 Å². The van der Waals surface area contributed by atoms with Gasteiger partial charge in [0.05, 0.1) is 20.3 Å². The monoisotopic (exact) mass is 299 g/mol. The lowest BCUT2D eigenvalue weighted by molar-refractivity contribution is 0.268. The topological polar surface area (TPSA) is 79.9 Å². The average Bonchev–Trinajstić information content (AvgIpc) is 2.57. The van der Waals surface area contributed by atoms with Crippen LogP contribution >= 0.6 is 0 Å². The number of nitrogens with two attached hydrogens (primary N) is 1. The third-order valence-electron chi connectivity index (χ3n) is 3.34. The lowest BCUT2D eigenvalue weighted by Gasteiger charge is -2.13. The van der Waals surface area contributed by atoms with Crippen molar-refractivity contribution in [2.24, 2.45) is 10.7 Å². The zero-order valence-corrected chi connectivity index (χ0v) is 12.6. The number of hydrogen-bond acceptors (Lipinski definition) is 3. The molecule has 0 aliphatic rings.